The molecule has 0 saturated heterocycles. The van der Waals surface area contributed by atoms with Crippen LogP contribution in [-0.2, 0) is 4.79 Å². The highest BCUT2D eigenvalue weighted by atomic mass is 35.5. The summed E-state index contributed by atoms with van der Waals surface area (Å²) in [5.74, 6) is 0.555. The lowest BCUT2D eigenvalue weighted by Crippen LogP contribution is -2.37. The first-order valence-electron chi connectivity index (χ1n) is 6.75. The molecule has 1 amide bonds. The summed E-state index contributed by atoms with van der Waals surface area (Å²) in [5, 5.41) is 3.56. The maximum Gasteiger partial charge on any atom is 0.260 e. The second-order valence-electron chi connectivity index (χ2n) is 5.12. The van der Waals surface area contributed by atoms with E-state index in [9.17, 15) is 4.79 Å². The first kappa shape index (κ1) is 16.8. The van der Waals surface area contributed by atoms with Crippen molar-refractivity contribution in [2.45, 2.75) is 26.4 Å². The molecule has 112 valence electrons. The van der Waals surface area contributed by atoms with Gasteiger partial charge in [0.25, 0.3) is 5.91 Å². The van der Waals surface area contributed by atoms with E-state index >= 15 is 0 Å². The number of hydrogen-bond donors (Lipinski definition) is 1. The predicted octanol–water partition coefficient (Wildman–Crippen LogP) is 2.48. The highest BCUT2D eigenvalue weighted by molar-refractivity contribution is 6.31. The molecule has 1 aromatic carbocycles. The lowest BCUT2D eigenvalue weighted by Gasteiger charge is -2.16. The summed E-state index contributed by atoms with van der Waals surface area (Å²) in [5.41, 5.74) is 0.933. The van der Waals surface area contributed by atoms with Crippen LogP contribution < -0.4 is 10.1 Å². The molecule has 1 atom stereocenters. The van der Waals surface area contributed by atoms with Crippen LogP contribution in [0.15, 0.2) is 18.2 Å². The quantitative estimate of drug-likeness (QED) is 0.786. The molecular formula is C15H23ClN2O2. The summed E-state index contributed by atoms with van der Waals surface area (Å²) in [6.45, 7) is 5.25. The molecule has 1 rings (SSSR count). The van der Waals surface area contributed by atoms with Crippen LogP contribution in [-0.4, -0.2) is 44.1 Å². The van der Waals surface area contributed by atoms with E-state index in [1.54, 1.807) is 19.1 Å². The van der Waals surface area contributed by atoms with E-state index < -0.39 is 6.10 Å². The third-order valence-electron chi connectivity index (χ3n) is 2.89. The first-order valence-corrected chi connectivity index (χ1v) is 7.13. The molecule has 1 aromatic rings. The topological polar surface area (TPSA) is 41.6 Å². The average Bonchev–Trinajstić information content (AvgIpc) is 2.38. The molecule has 0 radical (unpaired) electrons. The van der Waals surface area contributed by atoms with E-state index in [0.717, 1.165) is 18.5 Å². The van der Waals surface area contributed by atoms with Crippen LogP contribution in [0.5, 0.6) is 5.75 Å². The largest absolute Gasteiger partial charge is 0.481 e. The van der Waals surface area contributed by atoms with Crippen molar-refractivity contribution in [3.63, 3.8) is 0 Å². The van der Waals surface area contributed by atoms with E-state index in [1.807, 2.05) is 27.1 Å². The molecule has 0 aliphatic heterocycles. The number of aryl methyl sites for hydroxylation is 1. The number of nitrogens with one attached hydrogen (secondary N) is 1. The Labute approximate surface area is 126 Å². The average molecular weight is 299 g/mol. The Morgan fingerprint density at radius 2 is 2.15 bits per heavy atom. The molecule has 1 N–H and O–H groups in total. The van der Waals surface area contributed by atoms with Gasteiger partial charge in [-0.1, -0.05) is 11.6 Å². The van der Waals surface area contributed by atoms with Gasteiger partial charge < -0.3 is 15.0 Å². The zero-order chi connectivity index (χ0) is 15.1. The maximum atomic E-state index is 11.9. The van der Waals surface area contributed by atoms with Gasteiger partial charge in [-0.2, -0.15) is 0 Å². The Kier molecular flexibility index (Phi) is 6.82. The molecule has 0 aliphatic carbocycles. The van der Waals surface area contributed by atoms with E-state index in [2.05, 4.69) is 10.2 Å². The van der Waals surface area contributed by atoms with Gasteiger partial charge in [-0.3, -0.25) is 4.79 Å². The van der Waals surface area contributed by atoms with Gasteiger partial charge in [-0.25, -0.2) is 0 Å². The zero-order valence-corrected chi connectivity index (χ0v) is 13.3. The van der Waals surface area contributed by atoms with Gasteiger partial charge in [-0.05, 0) is 64.7 Å². The Balaban J connectivity index is 2.39. The van der Waals surface area contributed by atoms with Gasteiger partial charge in [0.05, 0.1) is 0 Å². The third kappa shape index (κ3) is 5.80. The number of ether oxygens (including phenoxy) is 1. The second-order valence-corrected chi connectivity index (χ2v) is 5.53. The molecule has 5 heteroatoms. The Morgan fingerprint density at radius 3 is 2.75 bits per heavy atom. The fraction of sp³-hybridized carbons (Fsp3) is 0.533. The van der Waals surface area contributed by atoms with Crippen molar-refractivity contribution in [2.24, 2.45) is 0 Å². The Bertz CT molecular complexity index is 449. The van der Waals surface area contributed by atoms with E-state index in [1.165, 1.54) is 0 Å². The van der Waals surface area contributed by atoms with E-state index in [0.29, 0.717) is 17.3 Å². The van der Waals surface area contributed by atoms with E-state index in [-0.39, 0.29) is 5.91 Å². The highest BCUT2D eigenvalue weighted by Gasteiger charge is 2.14. The van der Waals surface area contributed by atoms with E-state index in [4.69, 9.17) is 16.3 Å². The summed E-state index contributed by atoms with van der Waals surface area (Å²) in [7, 11) is 4.02. The van der Waals surface area contributed by atoms with Crippen LogP contribution in [0.4, 0.5) is 0 Å². The SMILES string of the molecule is Cc1cc(OC(C)C(=O)NCCCN(C)C)ccc1Cl. The third-order valence-corrected chi connectivity index (χ3v) is 3.32. The highest BCUT2D eigenvalue weighted by Crippen LogP contribution is 2.21. The van der Waals surface area contributed by atoms with Crippen molar-refractivity contribution in [2.75, 3.05) is 27.2 Å². The fourth-order valence-corrected chi connectivity index (χ4v) is 1.82. The van der Waals surface area contributed by atoms with Crippen molar-refractivity contribution in [1.29, 1.82) is 0 Å². The van der Waals surface area contributed by atoms with Crippen LogP contribution in [0.1, 0.15) is 18.9 Å². The molecule has 0 fully saturated rings. The van der Waals surface area contributed by atoms with Crippen LogP contribution >= 0.6 is 11.6 Å². The molecule has 0 aromatic heterocycles. The number of carbonyl (C=O) groups is 1. The number of benzene rings is 1. The molecule has 0 heterocycles. The minimum absolute atomic E-state index is 0.101. The fourth-order valence-electron chi connectivity index (χ4n) is 1.70. The Morgan fingerprint density at radius 1 is 1.45 bits per heavy atom. The molecule has 0 bridgehead atoms. The molecule has 4 nitrogen and oxygen atoms in total. The van der Waals surface area contributed by atoms with Gasteiger partial charge in [0.2, 0.25) is 0 Å². The minimum atomic E-state index is -0.519. The van der Waals surface area contributed by atoms with Crippen molar-refractivity contribution < 1.29 is 9.53 Å². The normalized spacial score (nSPS) is 12.3. The number of halogens is 1. The minimum Gasteiger partial charge on any atom is -0.481 e. The maximum absolute atomic E-state index is 11.9. The molecular weight excluding hydrogens is 276 g/mol. The van der Waals surface area contributed by atoms with Crippen LogP contribution in [0.25, 0.3) is 0 Å². The zero-order valence-electron chi connectivity index (χ0n) is 12.6. The number of nitrogens with zero attached hydrogens (tertiary/aromatic N) is 1. The number of carbonyl (C=O) groups excluding carboxylic acids is 1. The smallest absolute Gasteiger partial charge is 0.260 e. The molecule has 20 heavy (non-hydrogen) atoms. The van der Waals surface area contributed by atoms with Gasteiger partial charge in [0, 0.05) is 11.6 Å². The van der Waals surface area contributed by atoms with Crippen LogP contribution in [0, 0.1) is 6.92 Å². The Hall–Kier alpha value is -1.26. The standard InChI is InChI=1S/C15H23ClN2O2/c1-11-10-13(6-7-14(11)16)20-12(2)15(19)17-8-5-9-18(3)4/h6-7,10,12H,5,8-9H2,1-4H3,(H,17,19). The second kappa shape index (κ2) is 8.12. The molecule has 1 unspecified atom stereocenters. The van der Waals surface area contributed by atoms with Crippen LogP contribution in [0.3, 0.4) is 0 Å². The van der Waals surface area contributed by atoms with Crippen molar-refractivity contribution in [3.8, 4) is 5.75 Å². The van der Waals surface area contributed by atoms with Gasteiger partial charge in [-0.15, -0.1) is 0 Å². The summed E-state index contributed by atoms with van der Waals surface area (Å²) in [6, 6.07) is 5.37. The summed E-state index contributed by atoms with van der Waals surface area (Å²) in [6.07, 6.45) is 0.404. The van der Waals surface area contributed by atoms with Crippen LogP contribution in [0.2, 0.25) is 5.02 Å². The monoisotopic (exact) mass is 298 g/mol. The summed E-state index contributed by atoms with van der Waals surface area (Å²) < 4.78 is 5.61. The van der Waals surface area contributed by atoms with Gasteiger partial charge in [0.15, 0.2) is 6.10 Å². The van der Waals surface area contributed by atoms with Gasteiger partial charge >= 0.3 is 0 Å². The van der Waals surface area contributed by atoms with Crippen molar-refractivity contribution in [3.05, 3.63) is 28.8 Å². The number of amides is 1. The first-order chi connectivity index (χ1) is 9.40. The predicted molar refractivity (Wildman–Crippen MR) is 82.5 cm³/mol. The summed E-state index contributed by atoms with van der Waals surface area (Å²) >= 11 is 5.95. The number of rotatable bonds is 7. The number of hydrogen-bond acceptors (Lipinski definition) is 3. The summed E-state index contributed by atoms with van der Waals surface area (Å²) in [4.78, 5) is 14.0. The van der Waals surface area contributed by atoms with Crippen molar-refractivity contribution in [1.82, 2.24) is 10.2 Å². The van der Waals surface area contributed by atoms with Gasteiger partial charge in [0.1, 0.15) is 5.75 Å². The molecule has 0 spiro atoms. The lowest BCUT2D eigenvalue weighted by atomic mass is 10.2. The molecule has 0 aliphatic rings. The van der Waals surface area contributed by atoms with Crippen molar-refractivity contribution >= 4 is 17.5 Å². The lowest BCUT2D eigenvalue weighted by molar-refractivity contribution is -0.127. The molecule has 0 saturated carbocycles.